The number of rotatable bonds is 6. The third-order valence-electron chi connectivity index (χ3n) is 4.91. The van der Waals surface area contributed by atoms with E-state index in [1.54, 1.807) is 18.3 Å². The summed E-state index contributed by atoms with van der Waals surface area (Å²) in [6.07, 6.45) is 2.82. The van der Waals surface area contributed by atoms with Crippen LogP contribution in [0.1, 0.15) is 29.3 Å². The monoisotopic (exact) mass is 458 g/mol. The lowest BCUT2D eigenvalue weighted by Gasteiger charge is -2.27. The minimum absolute atomic E-state index is 0.257. The SMILES string of the molecule is COc1ccc(N2C(=S)N[C@H](c3ccccn3)[C@@H]2c2ccc(C)o2)cc1NS(C)(=O)=O. The second-order valence-electron chi connectivity index (χ2n) is 7.20. The van der Waals surface area contributed by atoms with E-state index in [1.165, 1.54) is 7.11 Å². The highest BCUT2D eigenvalue weighted by Crippen LogP contribution is 2.43. The maximum atomic E-state index is 11.8. The molecule has 3 aromatic rings. The quantitative estimate of drug-likeness (QED) is 0.542. The van der Waals surface area contributed by atoms with Crippen LogP contribution >= 0.6 is 12.2 Å². The number of anilines is 2. The van der Waals surface area contributed by atoms with Gasteiger partial charge >= 0.3 is 0 Å². The fourth-order valence-electron chi connectivity index (χ4n) is 3.66. The third kappa shape index (κ3) is 4.35. The standard InChI is InChI=1S/C21H22N4O4S2/c1-13-7-9-18(29-13)20-19(15-6-4-5-11-22-15)23-21(30)25(20)14-8-10-17(28-2)16(12-14)24-31(3,26)27/h4-12,19-20,24H,1-3H3,(H,23,30)/t19-,20+/m1/s1. The van der Waals surface area contributed by atoms with Crippen molar-refractivity contribution in [1.29, 1.82) is 0 Å². The van der Waals surface area contributed by atoms with Gasteiger partial charge in [0.05, 0.1) is 30.8 Å². The smallest absolute Gasteiger partial charge is 0.229 e. The van der Waals surface area contributed by atoms with Crippen LogP contribution in [0.2, 0.25) is 0 Å². The molecule has 1 aliphatic heterocycles. The molecule has 1 saturated heterocycles. The first-order chi connectivity index (χ1) is 14.8. The van der Waals surface area contributed by atoms with Gasteiger partial charge in [-0.3, -0.25) is 9.71 Å². The van der Waals surface area contributed by atoms with Crippen LogP contribution in [-0.2, 0) is 10.0 Å². The van der Waals surface area contributed by atoms with Gasteiger partial charge in [0, 0.05) is 11.9 Å². The van der Waals surface area contributed by atoms with Gasteiger partial charge in [-0.15, -0.1) is 0 Å². The number of methoxy groups -OCH3 is 1. The molecule has 0 radical (unpaired) electrons. The first-order valence-electron chi connectivity index (χ1n) is 9.49. The van der Waals surface area contributed by atoms with Gasteiger partial charge in [-0.1, -0.05) is 6.07 Å². The molecule has 2 aromatic heterocycles. The summed E-state index contributed by atoms with van der Waals surface area (Å²) in [4.78, 5) is 6.40. The van der Waals surface area contributed by atoms with Crippen LogP contribution < -0.4 is 19.7 Å². The Morgan fingerprint density at radius 1 is 1.23 bits per heavy atom. The summed E-state index contributed by atoms with van der Waals surface area (Å²) in [5.41, 5.74) is 1.82. The number of hydrogen-bond acceptors (Lipinski definition) is 6. The van der Waals surface area contributed by atoms with E-state index in [0.717, 1.165) is 17.7 Å². The molecule has 4 rings (SSSR count). The Morgan fingerprint density at radius 3 is 2.65 bits per heavy atom. The van der Waals surface area contributed by atoms with E-state index in [9.17, 15) is 8.42 Å². The molecule has 1 fully saturated rings. The molecule has 31 heavy (non-hydrogen) atoms. The van der Waals surface area contributed by atoms with Crippen molar-refractivity contribution in [2.75, 3.05) is 23.0 Å². The van der Waals surface area contributed by atoms with Crippen molar-refractivity contribution in [3.63, 3.8) is 0 Å². The van der Waals surface area contributed by atoms with Gasteiger partial charge < -0.3 is 19.4 Å². The Labute approximate surface area is 186 Å². The molecule has 8 nitrogen and oxygen atoms in total. The number of ether oxygens (including phenoxy) is 1. The summed E-state index contributed by atoms with van der Waals surface area (Å²) in [6.45, 7) is 1.88. The normalized spacial score (nSPS) is 18.7. The zero-order valence-corrected chi connectivity index (χ0v) is 18.8. The molecule has 0 saturated carbocycles. The number of pyridine rings is 1. The maximum absolute atomic E-state index is 11.8. The van der Waals surface area contributed by atoms with Crippen LogP contribution in [0.25, 0.3) is 0 Å². The van der Waals surface area contributed by atoms with Crippen molar-refractivity contribution < 1.29 is 17.6 Å². The fraction of sp³-hybridized carbons (Fsp3) is 0.238. The number of sulfonamides is 1. The van der Waals surface area contributed by atoms with Crippen molar-refractivity contribution in [2.24, 2.45) is 0 Å². The molecule has 2 N–H and O–H groups in total. The van der Waals surface area contributed by atoms with E-state index in [2.05, 4.69) is 15.0 Å². The van der Waals surface area contributed by atoms with Gasteiger partial charge in [0.15, 0.2) is 5.11 Å². The number of nitrogens with one attached hydrogen (secondary N) is 2. The number of nitrogens with zero attached hydrogens (tertiary/aromatic N) is 2. The zero-order valence-electron chi connectivity index (χ0n) is 17.2. The minimum atomic E-state index is -3.51. The van der Waals surface area contributed by atoms with Gasteiger partial charge in [-0.25, -0.2) is 8.42 Å². The lowest BCUT2D eigenvalue weighted by Crippen LogP contribution is -2.29. The van der Waals surface area contributed by atoms with Gasteiger partial charge in [0.2, 0.25) is 10.0 Å². The summed E-state index contributed by atoms with van der Waals surface area (Å²) in [6, 6.07) is 14.1. The summed E-state index contributed by atoms with van der Waals surface area (Å²) >= 11 is 5.67. The summed E-state index contributed by atoms with van der Waals surface area (Å²) < 4.78 is 37.5. The first-order valence-corrected chi connectivity index (χ1v) is 11.8. The maximum Gasteiger partial charge on any atom is 0.229 e. The molecule has 1 aliphatic rings. The molecule has 0 aliphatic carbocycles. The van der Waals surface area contributed by atoms with Crippen molar-refractivity contribution >= 4 is 38.7 Å². The Balaban J connectivity index is 1.82. The van der Waals surface area contributed by atoms with Crippen LogP contribution in [0.4, 0.5) is 11.4 Å². The van der Waals surface area contributed by atoms with Crippen LogP contribution in [0, 0.1) is 6.92 Å². The second-order valence-corrected chi connectivity index (χ2v) is 9.34. The molecular formula is C21H22N4O4S2. The Hall–Kier alpha value is -3.11. The van der Waals surface area contributed by atoms with Gasteiger partial charge in [-0.2, -0.15) is 0 Å². The van der Waals surface area contributed by atoms with E-state index >= 15 is 0 Å². The highest BCUT2D eigenvalue weighted by molar-refractivity contribution is 7.92. The first kappa shape index (κ1) is 21.1. The minimum Gasteiger partial charge on any atom is -0.495 e. The number of benzene rings is 1. The van der Waals surface area contributed by atoms with Crippen molar-refractivity contribution in [2.45, 2.75) is 19.0 Å². The van der Waals surface area contributed by atoms with E-state index < -0.39 is 10.0 Å². The van der Waals surface area contributed by atoms with Crippen molar-refractivity contribution in [3.8, 4) is 5.75 Å². The molecule has 10 heteroatoms. The second kappa shape index (κ2) is 8.20. The number of aryl methyl sites for hydroxylation is 1. The average molecular weight is 459 g/mol. The van der Waals surface area contributed by atoms with Gasteiger partial charge in [0.1, 0.15) is 23.3 Å². The molecule has 162 valence electrons. The van der Waals surface area contributed by atoms with E-state index in [-0.39, 0.29) is 12.1 Å². The molecule has 0 unspecified atom stereocenters. The molecular weight excluding hydrogens is 436 g/mol. The molecule has 0 bridgehead atoms. The van der Waals surface area contributed by atoms with Gasteiger partial charge in [0.25, 0.3) is 0 Å². The number of aromatic nitrogens is 1. The number of thiocarbonyl (C=S) groups is 1. The number of hydrogen-bond donors (Lipinski definition) is 2. The van der Waals surface area contributed by atoms with Crippen LogP contribution in [0.15, 0.2) is 59.1 Å². The Morgan fingerprint density at radius 2 is 2.03 bits per heavy atom. The van der Waals surface area contributed by atoms with Crippen molar-refractivity contribution in [3.05, 3.63) is 71.9 Å². The fourth-order valence-corrected chi connectivity index (χ4v) is 4.56. The zero-order chi connectivity index (χ0) is 22.2. The summed E-state index contributed by atoms with van der Waals surface area (Å²) in [5.74, 6) is 1.90. The van der Waals surface area contributed by atoms with E-state index in [0.29, 0.717) is 28.0 Å². The molecule has 0 spiro atoms. The topological polar surface area (TPSA) is 96.7 Å². The lowest BCUT2D eigenvalue weighted by atomic mass is 10.0. The third-order valence-corrected chi connectivity index (χ3v) is 5.81. The Kier molecular flexibility index (Phi) is 5.59. The lowest BCUT2D eigenvalue weighted by molar-refractivity contribution is 0.415. The summed E-state index contributed by atoms with van der Waals surface area (Å²) in [7, 11) is -2.02. The highest BCUT2D eigenvalue weighted by Gasteiger charge is 2.42. The van der Waals surface area contributed by atoms with Gasteiger partial charge in [-0.05, 0) is 61.6 Å². The Bertz CT molecular complexity index is 1210. The molecule has 3 heterocycles. The van der Waals surface area contributed by atoms with Crippen molar-refractivity contribution in [1.82, 2.24) is 10.3 Å². The molecule has 2 atom stereocenters. The number of furan rings is 1. The molecule has 1 aromatic carbocycles. The van der Waals surface area contributed by atoms with Crippen LogP contribution in [-0.4, -0.2) is 31.9 Å². The highest BCUT2D eigenvalue weighted by atomic mass is 32.2. The molecule has 0 amide bonds. The average Bonchev–Trinajstić information content (AvgIpc) is 3.30. The van der Waals surface area contributed by atoms with Crippen LogP contribution in [0.3, 0.4) is 0 Å². The predicted molar refractivity (Wildman–Crippen MR) is 123 cm³/mol. The van der Waals surface area contributed by atoms with E-state index in [1.807, 2.05) is 48.2 Å². The van der Waals surface area contributed by atoms with E-state index in [4.69, 9.17) is 21.4 Å². The van der Waals surface area contributed by atoms with Crippen LogP contribution in [0.5, 0.6) is 5.75 Å². The predicted octanol–water partition coefficient (Wildman–Crippen LogP) is 3.54. The summed E-state index contributed by atoms with van der Waals surface area (Å²) in [5, 5.41) is 3.81. The largest absolute Gasteiger partial charge is 0.495 e.